The minimum absolute atomic E-state index is 0.0436. The van der Waals surface area contributed by atoms with Crippen LogP contribution in [0.1, 0.15) is 30.1 Å². The molecule has 1 aromatic carbocycles. The van der Waals surface area contributed by atoms with Crippen LogP contribution in [-0.4, -0.2) is 39.5 Å². The standard InChI is InChI=1S/C17H18N2O3/c1-11-7-8-13(17(21)22)10-19(11)16(20)14-6-2-4-12-5-3-9-18-15(12)14/h2-6,9,11,13H,7-8,10H2,1H3,(H,21,22). The monoisotopic (exact) mass is 298 g/mol. The van der Waals surface area contributed by atoms with Crippen molar-refractivity contribution in [2.45, 2.75) is 25.8 Å². The van der Waals surface area contributed by atoms with Gasteiger partial charge in [0, 0.05) is 24.2 Å². The van der Waals surface area contributed by atoms with Gasteiger partial charge in [-0.25, -0.2) is 0 Å². The number of aliphatic carboxylic acids is 1. The van der Waals surface area contributed by atoms with E-state index in [1.54, 1.807) is 17.2 Å². The Balaban J connectivity index is 1.96. The van der Waals surface area contributed by atoms with E-state index in [1.807, 2.05) is 31.2 Å². The average molecular weight is 298 g/mol. The molecular formula is C17H18N2O3. The smallest absolute Gasteiger partial charge is 0.308 e. The van der Waals surface area contributed by atoms with Crippen molar-refractivity contribution in [1.82, 2.24) is 9.88 Å². The minimum atomic E-state index is -0.833. The van der Waals surface area contributed by atoms with Gasteiger partial charge in [-0.3, -0.25) is 14.6 Å². The number of carbonyl (C=O) groups is 2. The molecule has 1 fully saturated rings. The summed E-state index contributed by atoms with van der Waals surface area (Å²) in [5, 5.41) is 10.1. The molecule has 5 nitrogen and oxygen atoms in total. The van der Waals surface area contributed by atoms with Crippen molar-refractivity contribution >= 4 is 22.8 Å². The van der Waals surface area contributed by atoms with Gasteiger partial charge in [0.2, 0.25) is 0 Å². The van der Waals surface area contributed by atoms with E-state index in [9.17, 15) is 14.7 Å². The van der Waals surface area contributed by atoms with Crippen LogP contribution in [0.15, 0.2) is 36.5 Å². The maximum atomic E-state index is 12.9. The van der Waals surface area contributed by atoms with Crippen LogP contribution in [0.4, 0.5) is 0 Å². The molecule has 0 radical (unpaired) electrons. The fourth-order valence-electron chi connectivity index (χ4n) is 3.02. The highest BCUT2D eigenvalue weighted by molar-refractivity contribution is 6.05. The zero-order chi connectivity index (χ0) is 15.7. The number of hydrogen-bond acceptors (Lipinski definition) is 3. The van der Waals surface area contributed by atoms with Crippen LogP contribution in [0, 0.1) is 5.92 Å². The van der Waals surface area contributed by atoms with Gasteiger partial charge in [0.05, 0.1) is 17.0 Å². The first kappa shape index (κ1) is 14.5. The van der Waals surface area contributed by atoms with Gasteiger partial charge in [-0.15, -0.1) is 0 Å². The maximum absolute atomic E-state index is 12.9. The van der Waals surface area contributed by atoms with Gasteiger partial charge in [-0.2, -0.15) is 0 Å². The van der Waals surface area contributed by atoms with Crippen LogP contribution in [0.2, 0.25) is 0 Å². The molecule has 1 aliphatic rings. The number of fused-ring (bicyclic) bond motifs is 1. The van der Waals surface area contributed by atoms with E-state index >= 15 is 0 Å². The summed E-state index contributed by atoms with van der Waals surface area (Å²) in [6.07, 6.45) is 2.99. The second-order valence-corrected chi connectivity index (χ2v) is 5.80. The van der Waals surface area contributed by atoms with Crippen molar-refractivity contribution in [1.29, 1.82) is 0 Å². The summed E-state index contributed by atoms with van der Waals surface area (Å²) in [5.41, 5.74) is 1.20. The molecule has 0 aliphatic carbocycles. The Bertz CT molecular complexity index is 723. The highest BCUT2D eigenvalue weighted by atomic mass is 16.4. The molecule has 2 atom stereocenters. The van der Waals surface area contributed by atoms with Gasteiger partial charge < -0.3 is 10.0 Å². The fraction of sp³-hybridized carbons (Fsp3) is 0.353. The van der Waals surface area contributed by atoms with Crippen LogP contribution in [-0.2, 0) is 4.79 Å². The number of rotatable bonds is 2. The number of pyridine rings is 1. The number of carboxylic acid groups (broad SMARTS) is 1. The van der Waals surface area contributed by atoms with E-state index in [4.69, 9.17) is 0 Å². The average Bonchev–Trinajstić information content (AvgIpc) is 2.54. The number of hydrogen-bond donors (Lipinski definition) is 1. The highest BCUT2D eigenvalue weighted by Gasteiger charge is 2.33. The number of aromatic nitrogens is 1. The van der Waals surface area contributed by atoms with Crippen molar-refractivity contribution in [2.24, 2.45) is 5.92 Å². The third kappa shape index (κ3) is 2.54. The molecule has 0 bridgehead atoms. The van der Waals surface area contributed by atoms with Gasteiger partial charge in [-0.05, 0) is 31.9 Å². The molecule has 0 spiro atoms. The van der Waals surface area contributed by atoms with Crippen LogP contribution < -0.4 is 0 Å². The van der Waals surface area contributed by atoms with Crippen molar-refractivity contribution in [3.63, 3.8) is 0 Å². The summed E-state index contributed by atoms with van der Waals surface area (Å²) in [6.45, 7) is 2.23. The zero-order valence-electron chi connectivity index (χ0n) is 12.4. The lowest BCUT2D eigenvalue weighted by atomic mass is 9.92. The molecule has 114 valence electrons. The van der Waals surface area contributed by atoms with Crippen LogP contribution in [0.3, 0.4) is 0 Å². The Hall–Kier alpha value is -2.43. The predicted octanol–water partition coefficient (Wildman–Crippen LogP) is 2.56. The Morgan fingerprint density at radius 3 is 2.77 bits per heavy atom. The second-order valence-electron chi connectivity index (χ2n) is 5.80. The minimum Gasteiger partial charge on any atom is -0.481 e. The Labute approximate surface area is 128 Å². The summed E-state index contributed by atoms with van der Waals surface area (Å²) >= 11 is 0. The van der Waals surface area contributed by atoms with Crippen LogP contribution in [0.5, 0.6) is 0 Å². The van der Waals surface area contributed by atoms with Gasteiger partial charge in [0.15, 0.2) is 0 Å². The van der Waals surface area contributed by atoms with Gasteiger partial charge >= 0.3 is 5.97 Å². The largest absolute Gasteiger partial charge is 0.481 e. The molecule has 3 rings (SSSR count). The van der Waals surface area contributed by atoms with Crippen LogP contribution in [0.25, 0.3) is 10.9 Å². The summed E-state index contributed by atoms with van der Waals surface area (Å²) in [5.74, 6) is -1.45. The topological polar surface area (TPSA) is 70.5 Å². The van der Waals surface area contributed by atoms with Crippen molar-refractivity contribution in [3.8, 4) is 0 Å². The number of nitrogens with zero attached hydrogens (tertiary/aromatic N) is 2. The van der Waals surface area contributed by atoms with Gasteiger partial charge in [0.25, 0.3) is 5.91 Å². The molecule has 2 aromatic rings. The van der Waals surface area contributed by atoms with E-state index in [-0.39, 0.29) is 18.5 Å². The first-order valence-corrected chi connectivity index (χ1v) is 7.45. The van der Waals surface area contributed by atoms with E-state index in [0.717, 1.165) is 5.39 Å². The number of likely N-dealkylation sites (tertiary alicyclic amines) is 1. The van der Waals surface area contributed by atoms with E-state index in [2.05, 4.69) is 4.98 Å². The molecule has 2 unspecified atom stereocenters. The molecule has 0 saturated carbocycles. The number of amides is 1. The summed E-state index contributed by atoms with van der Waals surface area (Å²) in [6, 6.07) is 9.30. The second kappa shape index (κ2) is 5.75. The third-order valence-electron chi connectivity index (χ3n) is 4.36. The molecule has 5 heteroatoms. The maximum Gasteiger partial charge on any atom is 0.308 e. The molecule has 1 N–H and O–H groups in total. The van der Waals surface area contributed by atoms with Crippen LogP contribution >= 0.6 is 0 Å². The number of piperidine rings is 1. The number of para-hydroxylation sites is 1. The van der Waals surface area contributed by atoms with Crippen molar-refractivity contribution in [2.75, 3.05) is 6.54 Å². The van der Waals surface area contributed by atoms with Crippen molar-refractivity contribution in [3.05, 3.63) is 42.1 Å². The van der Waals surface area contributed by atoms with E-state index < -0.39 is 11.9 Å². The lowest BCUT2D eigenvalue weighted by Gasteiger charge is -2.36. The molecule has 1 saturated heterocycles. The number of carbonyl (C=O) groups excluding carboxylic acids is 1. The zero-order valence-corrected chi connectivity index (χ0v) is 12.4. The lowest BCUT2D eigenvalue weighted by molar-refractivity contribution is -0.143. The van der Waals surface area contributed by atoms with Crippen molar-refractivity contribution < 1.29 is 14.7 Å². The molecular weight excluding hydrogens is 280 g/mol. The Kier molecular flexibility index (Phi) is 3.79. The third-order valence-corrected chi connectivity index (χ3v) is 4.36. The van der Waals surface area contributed by atoms with Gasteiger partial charge in [-0.1, -0.05) is 18.2 Å². The molecule has 1 aromatic heterocycles. The quantitative estimate of drug-likeness (QED) is 0.925. The first-order chi connectivity index (χ1) is 10.6. The fourth-order valence-corrected chi connectivity index (χ4v) is 3.02. The molecule has 1 aliphatic heterocycles. The van der Waals surface area contributed by atoms with Gasteiger partial charge in [0.1, 0.15) is 0 Å². The lowest BCUT2D eigenvalue weighted by Crippen LogP contribution is -2.47. The van der Waals surface area contributed by atoms with E-state index in [1.165, 1.54) is 0 Å². The number of carboxylic acids is 1. The molecule has 22 heavy (non-hydrogen) atoms. The molecule has 1 amide bonds. The Morgan fingerprint density at radius 2 is 2.00 bits per heavy atom. The molecule has 2 heterocycles. The highest BCUT2D eigenvalue weighted by Crippen LogP contribution is 2.26. The Morgan fingerprint density at radius 1 is 1.23 bits per heavy atom. The number of benzene rings is 1. The SMILES string of the molecule is CC1CCC(C(=O)O)CN1C(=O)c1cccc2cccnc12. The summed E-state index contributed by atoms with van der Waals surface area (Å²) < 4.78 is 0. The summed E-state index contributed by atoms with van der Waals surface area (Å²) in [7, 11) is 0. The first-order valence-electron chi connectivity index (χ1n) is 7.45. The normalized spacial score (nSPS) is 21.8. The predicted molar refractivity (Wildman–Crippen MR) is 82.6 cm³/mol. The summed E-state index contributed by atoms with van der Waals surface area (Å²) in [4.78, 5) is 30.1. The van der Waals surface area contributed by atoms with E-state index in [0.29, 0.717) is 23.9 Å².